The van der Waals surface area contributed by atoms with Crippen LogP contribution in [0.2, 0.25) is 0 Å². The van der Waals surface area contributed by atoms with E-state index in [0.29, 0.717) is 11.1 Å². The molecule has 0 atom stereocenters. The molecule has 7 heteroatoms. The number of phenolic OH excluding ortho intramolecular Hbond substituents is 2. The third kappa shape index (κ3) is 3.26. The van der Waals surface area contributed by atoms with Crippen molar-refractivity contribution < 1.29 is 34.5 Å². The van der Waals surface area contributed by atoms with Crippen LogP contribution in [0.15, 0.2) is 24.3 Å². The Labute approximate surface area is 160 Å². The number of carboxylic acids is 1. The minimum atomic E-state index is -1.21. The third-order valence-electron chi connectivity index (χ3n) is 4.80. The van der Waals surface area contributed by atoms with Crippen molar-refractivity contribution >= 4 is 23.3 Å². The Bertz CT molecular complexity index is 1030. The molecule has 0 saturated carbocycles. The number of ketones is 3. The molecule has 0 aromatic heterocycles. The van der Waals surface area contributed by atoms with E-state index >= 15 is 0 Å². The van der Waals surface area contributed by atoms with Gasteiger partial charge in [0.15, 0.2) is 5.78 Å². The van der Waals surface area contributed by atoms with Crippen LogP contribution in [0.1, 0.15) is 62.7 Å². The second kappa shape index (κ2) is 7.26. The van der Waals surface area contributed by atoms with E-state index in [9.17, 15) is 34.5 Å². The summed E-state index contributed by atoms with van der Waals surface area (Å²) in [6.07, 6.45) is -0.728. The summed E-state index contributed by atoms with van der Waals surface area (Å²) in [5, 5.41) is 30.0. The maximum absolute atomic E-state index is 12.9. The van der Waals surface area contributed by atoms with Gasteiger partial charge in [-0.25, -0.2) is 0 Å². The van der Waals surface area contributed by atoms with Crippen LogP contribution in [0, 0.1) is 0 Å². The van der Waals surface area contributed by atoms with Gasteiger partial charge >= 0.3 is 5.97 Å². The second-order valence-corrected chi connectivity index (χ2v) is 6.67. The first kappa shape index (κ1) is 19.3. The molecule has 0 saturated heterocycles. The topological polar surface area (TPSA) is 129 Å². The maximum atomic E-state index is 12.9. The normalized spacial score (nSPS) is 12.2. The van der Waals surface area contributed by atoms with Crippen LogP contribution in [0.25, 0.3) is 0 Å². The Hall–Kier alpha value is -3.48. The molecule has 28 heavy (non-hydrogen) atoms. The maximum Gasteiger partial charge on any atom is 0.307 e. The Morgan fingerprint density at radius 1 is 1.07 bits per heavy atom. The second-order valence-electron chi connectivity index (χ2n) is 6.67. The monoisotopic (exact) mass is 382 g/mol. The molecule has 2 aromatic rings. The average Bonchev–Trinajstić information content (AvgIpc) is 2.60. The lowest BCUT2D eigenvalue weighted by molar-refractivity contribution is -0.136. The molecule has 0 spiro atoms. The van der Waals surface area contributed by atoms with Crippen LogP contribution in [-0.4, -0.2) is 38.6 Å². The molecule has 0 fully saturated rings. The molecule has 0 heterocycles. The number of phenols is 2. The Morgan fingerprint density at radius 2 is 1.79 bits per heavy atom. The van der Waals surface area contributed by atoms with Gasteiger partial charge in [-0.15, -0.1) is 0 Å². The van der Waals surface area contributed by atoms with Gasteiger partial charge in [0.2, 0.25) is 5.78 Å². The molecule has 7 nitrogen and oxygen atoms in total. The molecule has 0 radical (unpaired) electrons. The molecular weight excluding hydrogens is 364 g/mol. The summed E-state index contributed by atoms with van der Waals surface area (Å²) in [5.74, 6) is -3.84. The average molecular weight is 382 g/mol. The van der Waals surface area contributed by atoms with E-state index < -0.39 is 36.1 Å². The molecule has 3 rings (SSSR count). The molecule has 1 aliphatic rings. The van der Waals surface area contributed by atoms with Gasteiger partial charge in [-0.2, -0.15) is 0 Å². The molecule has 0 bridgehead atoms. The largest absolute Gasteiger partial charge is 0.507 e. The van der Waals surface area contributed by atoms with Crippen molar-refractivity contribution in [2.75, 3.05) is 0 Å². The van der Waals surface area contributed by atoms with E-state index in [1.54, 1.807) is 19.1 Å². The number of aromatic hydroxyl groups is 2. The van der Waals surface area contributed by atoms with Gasteiger partial charge in [0, 0.05) is 6.42 Å². The van der Waals surface area contributed by atoms with Gasteiger partial charge in [-0.3, -0.25) is 19.2 Å². The summed E-state index contributed by atoms with van der Waals surface area (Å²) in [4.78, 5) is 48.5. The zero-order valence-electron chi connectivity index (χ0n) is 15.1. The van der Waals surface area contributed by atoms with Crippen molar-refractivity contribution in [2.24, 2.45) is 0 Å². The number of aliphatic carboxylic acids is 1. The molecule has 3 N–H and O–H groups in total. The van der Waals surface area contributed by atoms with E-state index in [1.807, 2.05) is 0 Å². The highest BCUT2D eigenvalue weighted by atomic mass is 16.4. The van der Waals surface area contributed by atoms with Gasteiger partial charge in [0.25, 0.3) is 0 Å². The number of hydrogen-bond acceptors (Lipinski definition) is 6. The van der Waals surface area contributed by atoms with Crippen molar-refractivity contribution in [3.63, 3.8) is 0 Å². The predicted octanol–water partition coefficient (Wildman–Crippen LogP) is 2.41. The number of carbonyl (C=O) groups is 4. The smallest absolute Gasteiger partial charge is 0.307 e. The highest BCUT2D eigenvalue weighted by molar-refractivity contribution is 6.18. The van der Waals surface area contributed by atoms with Crippen LogP contribution < -0.4 is 0 Å². The lowest BCUT2D eigenvalue weighted by atomic mass is 9.80. The standard InChI is InChI=1S/C21H18O7/c1-2-13(22)9-15(24)18-12(8-16(25)26)7-11-6-10-4-3-5-14(23)17(10)20(27)19(11)21(18)28/h3-5,7,23,28H,2,6,8-9H2,1H3,(H,25,26). The van der Waals surface area contributed by atoms with Gasteiger partial charge in [0.05, 0.1) is 29.5 Å². The summed E-state index contributed by atoms with van der Waals surface area (Å²) in [5.41, 5.74) is 0.535. The summed E-state index contributed by atoms with van der Waals surface area (Å²) in [7, 11) is 0. The minimum Gasteiger partial charge on any atom is -0.507 e. The highest BCUT2D eigenvalue weighted by Gasteiger charge is 2.33. The Morgan fingerprint density at radius 3 is 2.43 bits per heavy atom. The van der Waals surface area contributed by atoms with E-state index in [2.05, 4.69) is 0 Å². The van der Waals surface area contributed by atoms with Crippen molar-refractivity contribution in [3.05, 3.63) is 57.6 Å². The van der Waals surface area contributed by atoms with E-state index in [4.69, 9.17) is 0 Å². The number of Topliss-reactive ketones (excluding diaryl/α,β-unsaturated/α-hetero) is 2. The van der Waals surface area contributed by atoms with Crippen LogP contribution in [0.5, 0.6) is 11.5 Å². The number of rotatable bonds is 6. The Balaban J connectivity index is 2.21. The fourth-order valence-corrected chi connectivity index (χ4v) is 3.51. The number of benzene rings is 2. The van der Waals surface area contributed by atoms with Crippen molar-refractivity contribution in [1.29, 1.82) is 0 Å². The van der Waals surface area contributed by atoms with Crippen LogP contribution in [-0.2, 0) is 22.4 Å². The predicted molar refractivity (Wildman–Crippen MR) is 98.0 cm³/mol. The number of fused-ring (bicyclic) bond motifs is 2. The summed E-state index contributed by atoms with van der Waals surface area (Å²) >= 11 is 0. The van der Waals surface area contributed by atoms with Crippen LogP contribution >= 0.6 is 0 Å². The Kier molecular flexibility index (Phi) is 5.00. The lowest BCUT2D eigenvalue weighted by Gasteiger charge is -2.23. The zero-order chi connectivity index (χ0) is 20.6. The molecule has 144 valence electrons. The van der Waals surface area contributed by atoms with E-state index in [-0.39, 0.29) is 46.6 Å². The van der Waals surface area contributed by atoms with Gasteiger partial charge in [0.1, 0.15) is 17.3 Å². The third-order valence-corrected chi connectivity index (χ3v) is 4.80. The molecule has 0 amide bonds. The summed E-state index contributed by atoms with van der Waals surface area (Å²) in [6, 6.07) is 6.00. The van der Waals surface area contributed by atoms with Crippen LogP contribution in [0.4, 0.5) is 0 Å². The summed E-state index contributed by atoms with van der Waals surface area (Å²) < 4.78 is 0. The molecule has 0 aliphatic heterocycles. The fourth-order valence-electron chi connectivity index (χ4n) is 3.51. The van der Waals surface area contributed by atoms with Crippen molar-refractivity contribution in [2.45, 2.75) is 32.6 Å². The van der Waals surface area contributed by atoms with Crippen molar-refractivity contribution in [3.8, 4) is 11.5 Å². The lowest BCUT2D eigenvalue weighted by Crippen LogP contribution is -2.20. The first-order valence-electron chi connectivity index (χ1n) is 8.74. The minimum absolute atomic E-state index is 0.0410. The quantitative estimate of drug-likeness (QED) is 0.441. The highest BCUT2D eigenvalue weighted by Crippen LogP contribution is 2.40. The zero-order valence-corrected chi connectivity index (χ0v) is 15.1. The first-order valence-corrected chi connectivity index (χ1v) is 8.74. The molecular formula is C21H18O7. The van der Waals surface area contributed by atoms with Crippen molar-refractivity contribution in [1.82, 2.24) is 0 Å². The fraction of sp³-hybridized carbons (Fsp3) is 0.238. The van der Waals surface area contributed by atoms with E-state index in [1.165, 1.54) is 12.1 Å². The molecule has 2 aromatic carbocycles. The molecule has 0 unspecified atom stereocenters. The summed E-state index contributed by atoms with van der Waals surface area (Å²) in [6.45, 7) is 1.59. The van der Waals surface area contributed by atoms with Crippen LogP contribution in [0.3, 0.4) is 0 Å². The number of carboxylic acid groups (broad SMARTS) is 1. The van der Waals surface area contributed by atoms with E-state index in [0.717, 1.165) is 0 Å². The molecule has 1 aliphatic carbocycles. The van der Waals surface area contributed by atoms with Gasteiger partial charge in [-0.1, -0.05) is 25.1 Å². The first-order chi connectivity index (χ1) is 13.2. The van der Waals surface area contributed by atoms with Gasteiger partial charge in [-0.05, 0) is 29.2 Å². The number of carbonyl (C=O) groups excluding carboxylic acids is 3. The van der Waals surface area contributed by atoms with Gasteiger partial charge < -0.3 is 15.3 Å². The SMILES string of the molecule is CCC(=O)CC(=O)c1c(CC(=O)O)cc2c(c1O)C(=O)c1c(O)cccc1C2. The number of hydrogen-bond donors (Lipinski definition) is 3.